The molecule has 150 valence electrons. The lowest BCUT2D eigenvalue weighted by Crippen LogP contribution is -2.42. The molecule has 1 aliphatic heterocycles. The quantitative estimate of drug-likeness (QED) is 0.574. The highest BCUT2D eigenvalue weighted by molar-refractivity contribution is 9.10. The van der Waals surface area contributed by atoms with Gasteiger partial charge in [0.25, 0.3) is 5.56 Å². The molecular weight excluding hydrogens is 458 g/mol. The lowest BCUT2D eigenvalue weighted by molar-refractivity contribution is -0.139. The number of aromatic nitrogens is 2. The molecule has 1 aliphatic rings. The number of carbonyl (C=O) groups excluding carboxylic acids is 1. The van der Waals surface area contributed by atoms with E-state index in [-0.39, 0.29) is 30.5 Å². The van der Waals surface area contributed by atoms with Gasteiger partial charge in [0.1, 0.15) is 6.10 Å². The van der Waals surface area contributed by atoms with Crippen LogP contribution in [-0.2, 0) is 16.1 Å². The molecule has 0 radical (unpaired) electrons. The van der Waals surface area contributed by atoms with Gasteiger partial charge in [0.05, 0.1) is 30.4 Å². The van der Waals surface area contributed by atoms with E-state index in [4.69, 9.17) is 16.3 Å². The molecule has 1 fully saturated rings. The number of carbonyl (C=O) groups is 1. The van der Waals surface area contributed by atoms with E-state index >= 15 is 0 Å². The van der Waals surface area contributed by atoms with E-state index in [0.29, 0.717) is 35.6 Å². The number of fused-ring (bicyclic) bond motifs is 1. The molecule has 0 saturated carbocycles. The lowest BCUT2D eigenvalue weighted by atomic mass is 10.1. The average molecular weight is 477 g/mol. The fraction of sp³-hybridized carbons (Fsp3) is 0.286. The van der Waals surface area contributed by atoms with E-state index in [1.165, 1.54) is 10.9 Å². The summed E-state index contributed by atoms with van der Waals surface area (Å²) in [5.41, 5.74) is 1.48. The molecule has 1 unspecified atom stereocenters. The number of benzene rings is 2. The number of aryl methyl sites for hydroxylation is 1. The van der Waals surface area contributed by atoms with Crippen LogP contribution in [0, 0.1) is 0 Å². The van der Waals surface area contributed by atoms with Gasteiger partial charge in [-0.25, -0.2) is 4.98 Å². The summed E-state index contributed by atoms with van der Waals surface area (Å²) in [5.74, 6) is -0.00602. The summed E-state index contributed by atoms with van der Waals surface area (Å²) in [6.45, 7) is 1.79. The molecule has 2 aromatic carbocycles. The first-order valence-corrected chi connectivity index (χ1v) is 10.5. The predicted molar refractivity (Wildman–Crippen MR) is 115 cm³/mol. The molecule has 8 heteroatoms. The molecule has 2 heterocycles. The SMILES string of the molecule is O=C(CCn1cnc2ccc(Br)cc2c1=O)N1CCOC(c2ccc(Cl)cc2)C1. The van der Waals surface area contributed by atoms with E-state index < -0.39 is 0 Å². The fourth-order valence-electron chi connectivity index (χ4n) is 3.42. The molecule has 1 atom stereocenters. The summed E-state index contributed by atoms with van der Waals surface area (Å²) in [6.07, 6.45) is 1.56. The third-order valence-electron chi connectivity index (χ3n) is 5.01. The monoisotopic (exact) mass is 475 g/mol. The summed E-state index contributed by atoms with van der Waals surface area (Å²) in [6, 6.07) is 12.9. The second-order valence-electron chi connectivity index (χ2n) is 6.91. The van der Waals surface area contributed by atoms with Gasteiger partial charge in [-0.05, 0) is 35.9 Å². The van der Waals surface area contributed by atoms with Crippen molar-refractivity contribution in [3.8, 4) is 0 Å². The minimum atomic E-state index is -0.174. The van der Waals surface area contributed by atoms with Crippen molar-refractivity contribution in [1.82, 2.24) is 14.5 Å². The van der Waals surface area contributed by atoms with Gasteiger partial charge in [-0.15, -0.1) is 0 Å². The highest BCUT2D eigenvalue weighted by Gasteiger charge is 2.25. The maximum Gasteiger partial charge on any atom is 0.261 e. The zero-order valence-corrected chi connectivity index (χ0v) is 17.9. The molecule has 0 aliphatic carbocycles. The van der Waals surface area contributed by atoms with E-state index in [9.17, 15) is 9.59 Å². The second-order valence-corrected chi connectivity index (χ2v) is 8.26. The summed E-state index contributed by atoms with van der Waals surface area (Å²) < 4.78 is 8.13. The molecule has 3 aromatic rings. The van der Waals surface area contributed by atoms with Crippen molar-refractivity contribution in [3.63, 3.8) is 0 Å². The van der Waals surface area contributed by atoms with E-state index in [0.717, 1.165) is 10.0 Å². The Kier molecular flexibility index (Phi) is 5.99. The third-order valence-corrected chi connectivity index (χ3v) is 5.76. The maximum absolute atomic E-state index is 12.7. The molecule has 0 spiro atoms. The molecule has 4 rings (SSSR count). The number of morpholine rings is 1. The van der Waals surface area contributed by atoms with Crippen LogP contribution in [0.4, 0.5) is 0 Å². The van der Waals surface area contributed by atoms with Crippen LogP contribution in [0.1, 0.15) is 18.1 Å². The van der Waals surface area contributed by atoms with Crippen molar-refractivity contribution < 1.29 is 9.53 Å². The standard InChI is InChI=1S/C21H19BrClN3O3/c22-15-3-6-18-17(11-15)21(28)26(13-24-18)8-7-20(27)25-9-10-29-19(12-25)14-1-4-16(23)5-2-14/h1-6,11,13,19H,7-10,12H2. The second kappa shape index (κ2) is 8.65. The Bertz CT molecular complexity index is 1100. The van der Waals surface area contributed by atoms with Gasteiger partial charge in [-0.1, -0.05) is 39.7 Å². The van der Waals surface area contributed by atoms with Crippen LogP contribution in [0.25, 0.3) is 10.9 Å². The Morgan fingerprint density at radius 2 is 2.03 bits per heavy atom. The summed E-state index contributed by atoms with van der Waals surface area (Å²) >= 11 is 9.32. The Hall–Kier alpha value is -2.22. The molecular formula is C21H19BrClN3O3. The first kappa shape index (κ1) is 20.1. The van der Waals surface area contributed by atoms with Crippen molar-refractivity contribution in [1.29, 1.82) is 0 Å². The van der Waals surface area contributed by atoms with Crippen molar-refractivity contribution >= 4 is 44.3 Å². The topological polar surface area (TPSA) is 64.4 Å². The molecule has 1 aromatic heterocycles. The smallest absolute Gasteiger partial charge is 0.261 e. The van der Waals surface area contributed by atoms with Gasteiger partial charge < -0.3 is 9.64 Å². The number of ether oxygens (including phenoxy) is 1. The van der Waals surface area contributed by atoms with Crippen molar-refractivity contribution in [2.45, 2.75) is 19.1 Å². The zero-order valence-electron chi connectivity index (χ0n) is 15.6. The number of hydrogen-bond donors (Lipinski definition) is 0. The van der Waals surface area contributed by atoms with Crippen molar-refractivity contribution in [2.24, 2.45) is 0 Å². The van der Waals surface area contributed by atoms with E-state index in [2.05, 4.69) is 20.9 Å². The van der Waals surface area contributed by atoms with Crippen LogP contribution in [0.5, 0.6) is 0 Å². The molecule has 0 N–H and O–H groups in total. The highest BCUT2D eigenvalue weighted by Crippen LogP contribution is 2.24. The largest absolute Gasteiger partial charge is 0.370 e. The zero-order chi connectivity index (χ0) is 20.4. The number of rotatable bonds is 4. The Balaban J connectivity index is 1.43. The van der Waals surface area contributed by atoms with Crippen LogP contribution in [0.3, 0.4) is 0 Å². The molecule has 0 bridgehead atoms. The first-order chi connectivity index (χ1) is 14.0. The average Bonchev–Trinajstić information content (AvgIpc) is 2.74. The van der Waals surface area contributed by atoms with Crippen LogP contribution in [0.15, 0.2) is 58.1 Å². The minimum Gasteiger partial charge on any atom is -0.370 e. The third kappa shape index (κ3) is 4.52. The maximum atomic E-state index is 12.7. The van der Waals surface area contributed by atoms with Gasteiger partial charge in [-0.3, -0.25) is 14.2 Å². The van der Waals surface area contributed by atoms with Crippen LogP contribution in [-0.4, -0.2) is 40.1 Å². The van der Waals surface area contributed by atoms with Crippen LogP contribution in [0.2, 0.25) is 5.02 Å². The van der Waals surface area contributed by atoms with E-state index in [1.807, 2.05) is 30.3 Å². The highest BCUT2D eigenvalue weighted by atomic mass is 79.9. The van der Waals surface area contributed by atoms with Crippen molar-refractivity contribution in [3.05, 3.63) is 74.2 Å². The molecule has 6 nitrogen and oxygen atoms in total. The van der Waals surface area contributed by atoms with Gasteiger partial charge >= 0.3 is 0 Å². The van der Waals surface area contributed by atoms with Crippen LogP contribution >= 0.6 is 27.5 Å². The fourth-order valence-corrected chi connectivity index (χ4v) is 3.91. The summed E-state index contributed by atoms with van der Waals surface area (Å²) in [5, 5.41) is 1.20. The minimum absolute atomic E-state index is 0.00602. The van der Waals surface area contributed by atoms with Gasteiger partial charge in [0.2, 0.25) is 5.91 Å². The number of amides is 1. The predicted octanol–water partition coefficient (Wildman–Crippen LogP) is 3.80. The molecule has 1 amide bonds. The molecule has 1 saturated heterocycles. The summed E-state index contributed by atoms with van der Waals surface area (Å²) in [4.78, 5) is 31.5. The lowest BCUT2D eigenvalue weighted by Gasteiger charge is -2.33. The normalized spacial score (nSPS) is 16.9. The Labute approximate surface area is 181 Å². The Morgan fingerprint density at radius 3 is 2.83 bits per heavy atom. The summed E-state index contributed by atoms with van der Waals surface area (Å²) in [7, 11) is 0. The first-order valence-electron chi connectivity index (χ1n) is 9.31. The van der Waals surface area contributed by atoms with E-state index in [1.54, 1.807) is 17.0 Å². The molecule has 29 heavy (non-hydrogen) atoms. The van der Waals surface area contributed by atoms with Gasteiger partial charge in [0.15, 0.2) is 0 Å². The number of halogens is 2. The number of nitrogens with zero attached hydrogens (tertiary/aromatic N) is 3. The Morgan fingerprint density at radius 1 is 1.24 bits per heavy atom. The van der Waals surface area contributed by atoms with Gasteiger partial charge in [-0.2, -0.15) is 0 Å². The van der Waals surface area contributed by atoms with Crippen LogP contribution < -0.4 is 5.56 Å². The van der Waals surface area contributed by atoms with Crippen molar-refractivity contribution in [2.75, 3.05) is 19.7 Å². The van der Waals surface area contributed by atoms with Gasteiger partial charge in [0, 0.05) is 29.0 Å². The number of hydrogen-bond acceptors (Lipinski definition) is 4.